The van der Waals surface area contributed by atoms with Gasteiger partial charge >= 0.3 is 0 Å². The number of hydrogen-bond acceptors (Lipinski definition) is 3. The van der Waals surface area contributed by atoms with Gasteiger partial charge in [0.1, 0.15) is 0 Å². The Labute approximate surface area is 51.3 Å². The smallest absolute Gasteiger partial charge is 0.0718 e. The molecule has 0 amide bonds. The van der Waals surface area contributed by atoms with Crippen LogP contribution in [0.5, 0.6) is 0 Å². The minimum Gasteiger partial charge on any atom is -0.181 e. The van der Waals surface area contributed by atoms with Crippen molar-refractivity contribution in [3.63, 3.8) is 0 Å². The molecule has 0 N–H and O–H groups in total. The minimum atomic E-state index is 0. The van der Waals surface area contributed by atoms with Crippen molar-refractivity contribution in [3.05, 3.63) is 0 Å². The summed E-state index contributed by atoms with van der Waals surface area (Å²) in [6, 6.07) is 0. The zero-order valence-electron chi connectivity index (χ0n) is 3.13. The van der Waals surface area contributed by atoms with Crippen molar-refractivity contribution >= 4 is 28.9 Å². The molecule has 0 fully saturated rings. The zero-order chi connectivity index (χ0) is 3.54. The summed E-state index contributed by atoms with van der Waals surface area (Å²) in [5, 5.41) is 3.67. The summed E-state index contributed by atoms with van der Waals surface area (Å²) in [7, 11) is 0. The van der Waals surface area contributed by atoms with Gasteiger partial charge in [0.2, 0.25) is 0 Å². The van der Waals surface area contributed by atoms with Crippen LogP contribution in [0.3, 0.4) is 0 Å². The predicted octanol–water partition coefficient (Wildman–Crippen LogP) is 1.68. The van der Waals surface area contributed by atoms with Gasteiger partial charge in [-0.2, -0.15) is 5.11 Å². The molecule has 2 nitrogen and oxygen atoms in total. The Bertz CT molecular complexity index is 49.5. The first-order chi connectivity index (χ1) is 2.50. The van der Waals surface area contributed by atoms with Crippen LogP contribution >= 0.6 is 28.9 Å². The van der Waals surface area contributed by atoms with E-state index < -0.39 is 0 Å². The Hall–Kier alpha value is 0.430. The van der Waals surface area contributed by atoms with Crippen molar-refractivity contribution in [1.29, 1.82) is 0 Å². The molecule has 4 heteroatoms. The Morgan fingerprint density at radius 2 is 2.33 bits per heavy atom. The summed E-state index contributed by atoms with van der Waals surface area (Å²) in [4.78, 5) is 0. The highest BCUT2D eigenvalue weighted by Gasteiger charge is 1.88. The maximum atomic E-state index is 3.67. The molecule has 0 bridgehead atoms. The molecule has 0 aromatic heterocycles. The molecule has 1 heterocycles. The summed E-state index contributed by atoms with van der Waals surface area (Å²) in [5.74, 6) is 1.08. The molecule has 0 atom stereocenters. The monoisotopic (exact) mass is 168 g/mol. The first-order valence-electron chi connectivity index (χ1n) is 1.49. The fourth-order valence-electron chi connectivity index (χ4n) is 0.204. The second-order valence-corrected chi connectivity index (χ2v) is 1.61. The Morgan fingerprint density at radius 3 is 2.50 bits per heavy atom. The van der Waals surface area contributed by atoms with Crippen molar-refractivity contribution in [1.82, 2.24) is 0 Å². The highest BCUT2D eigenvalue weighted by atomic mass is 79.9. The minimum absolute atomic E-state index is 0. The molecule has 0 aromatic carbocycles. The quantitative estimate of drug-likeness (QED) is 0.506. The summed E-state index contributed by atoms with van der Waals surface area (Å²) < 4.78 is 3.62. The lowest BCUT2D eigenvalue weighted by atomic mass is 10.8. The van der Waals surface area contributed by atoms with Gasteiger partial charge in [0.05, 0.1) is 6.54 Å². The average molecular weight is 169 g/mol. The average Bonchev–Trinajstić information content (AvgIpc) is 1.76. The van der Waals surface area contributed by atoms with Crippen molar-refractivity contribution in [3.8, 4) is 0 Å². The van der Waals surface area contributed by atoms with Gasteiger partial charge in [-0.3, -0.25) is 0 Å². The normalized spacial score (nSPS) is 17.3. The van der Waals surface area contributed by atoms with Gasteiger partial charge in [0.25, 0.3) is 0 Å². The summed E-state index contributed by atoms with van der Waals surface area (Å²) in [5.41, 5.74) is 0. The van der Waals surface area contributed by atoms with E-state index in [1.807, 2.05) is 0 Å². The van der Waals surface area contributed by atoms with Crippen LogP contribution in [0.4, 0.5) is 0 Å². The van der Waals surface area contributed by atoms with Crippen LogP contribution in [-0.2, 0) is 0 Å². The van der Waals surface area contributed by atoms with Crippen LogP contribution in [0.15, 0.2) is 9.63 Å². The molecule has 0 saturated carbocycles. The van der Waals surface area contributed by atoms with Crippen molar-refractivity contribution in [2.24, 2.45) is 9.63 Å². The Balaban J connectivity index is 0.000000250. The first kappa shape index (κ1) is 6.43. The molecule has 1 aliphatic heterocycles. The molecule has 1 aliphatic rings. The van der Waals surface area contributed by atoms with Crippen LogP contribution < -0.4 is 0 Å². The van der Waals surface area contributed by atoms with Crippen LogP contribution in [0.2, 0.25) is 0 Å². The number of rotatable bonds is 0. The van der Waals surface area contributed by atoms with Crippen LogP contribution in [0.25, 0.3) is 0 Å². The van der Waals surface area contributed by atoms with Crippen LogP contribution in [-0.4, -0.2) is 12.3 Å². The van der Waals surface area contributed by atoms with E-state index in [1.54, 1.807) is 0 Å². The van der Waals surface area contributed by atoms with E-state index in [0.717, 1.165) is 12.3 Å². The molecule has 0 aromatic rings. The summed E-state index contributed by atoms with van der Waals surface area (Å²) in [6.45, 7) is 0.921. The van der Waals surface area contributed by atoms with Crippen LogP contribution in [0, 0.1) is 0 Å². The third-order valence-corrected chi connectivity index (χ3v) is 0.994. The molecule has 0 unspecified atom stereocenters. The molecular formula is C2H5BrN2S. The lowest BCUT2D eigenvalue weighted by Gasteiger charge is -1.63. The van der Waals surface area contributed by atoms with E-state index in [-0.39, 0.29) is 17.0 Å². The summed E-state index contributed by atoms with van der Waals surface area (Å²) in [6.07, 6.45) is 0. The largest absolute Gasteiger partial charge is 0.181 e. The second-order valence-electron chi connectivity index (χ2n) is 0.780. The van der Waals surface area contributed by atoms with Crippen molar-refractivity contribution < 1.29 is 0 Å². The fourth-order valence-corrected chi connectivity index (χ4v) is 0.612. The summed E-state index contributed by atoms with van der Waals surface area (Å²) >= 11 is 1.53. The van der Waals surface area contributed by atoms with Crippen molar-refractivity contribution in [2.45, 2.75) is 0 Å². The van der Waals surface area contributed by atoms with Crippen molar-refractivity contribution in [2.75, 3.05) is 12.3 Å². The van der Waals surface area contributed by atoms with Gasteiger partial charge in [-0.15, -0.1) is 21.5 Å². The van der Waals surface area contributed by atoms with Gasteiger partial charge in [0, 0.05) is 5.75 Å². The molecule has 0 saturated heterocycles. The first-order valence-corrected chi connectivity index (χ1v) is 2.43. The number of hydrogen-bond donors (Lipinski definition) is 0. The van der Waals surface area contributed by atoms with E-state index in [1.165, 1.54) is 11.9 Å². The standard InChI is InChI=1S/C2H4N2S.BrH/c1-2-5-4-3-1;/h1-2H2;1H. The molecular weight excluding hydrogens is 164 g/mol. The predicted molar refractivity (Wildman–Crippen MR) is 32.5 cm³/mol. The third-order valence-electron chi connectivity index (χ3n) is 0.398. The molecule has 0 aliphatic carbocycles. The number of nitrogens with zero attached hydrogens (tertiary/aromatic N) is 2. The van der Waals surface area contributed by atoms with Crippen LogP contribution in [0.1, 0.15) is 0 Å². The van der Waals surface area contributed by atoms with Gasteiger partial charge < -0.3 is 0 Å². The molecule has 36 valence electrons. The van der Waals surface area contributed by atoms with Gasteiger partial charge in [-0.05, 0) is 11.9 Å². The maximum Gasteiger partial charge on any atom is 0.0718 e. The third kappa shape index (κ3) is 1.77. The SMILES string of the molecule is Br.C1CSN=N1. The maximum absolute atomic E-state index is 3.67. The topological polar surface area (TPSA) is 24.7 Å². The van der Waals surface area contributed by atoms with Gasteiger partial charge in [-0.1, -0.05) is 0 Å². The van der Waals surface area contributed by atoms with E-state index in [0.29, 0.717) is 0 Å². The van der Waals surface area contributed by atoms with E-state index in [9.17, 15) is 0 Å². The van der Waals surface area contributed by atoms with Gasteiger partial charge in [0.15, 0.2) is 0 Å². The highest BCUT2D eigenvalue weighted by Crippen LogP contribution is 2.07. The lowest BCUT2D eigenvalue weighted by Crippen LogP contribution is -1.69. The van der Waals surface area contributed by atoms with Gasteiger partial charge in [-0.25, -0.2) is 0 Å². The zero-order valence-corrected chi connectivity index (χ0v) is 5.65. The molecule has 0 spiro atoms. The second kappa shape index (κ2) is 3.61. The Morgan fingerprint density at radius 1 is 1.50 bits per heavy atom. The molecule has 0 radical (unpaired) electrons. The lowest BCUT2D eigenvalue weighted by molar-refractivity contribution is 1.10. The van der Waals surface area contributed by atoms with E-state index in [2.05, 4.69) is 9.63 Å². The molecule has 6 heavy (non-hydrogen) atoms. The molecule has 1 rings (SSSR count). The number of halogens is 1. The van der Waals surface area contributed by atoms with E-state index >= 15 is 0 Å². The Kier molecular flexibility index (Phi) is 3.87. The fraction of sp³-hybridized carbons (Fsp3) is 1.00. The van der Waals surface area contributed by atoms with E-state index in [4.69, 9.17) is 0 Å². The highest BCUT2D eigenvalue weighted by molar-refractivity contribution is 8.93.